The third-order valence-corrected chi connectivity index (χ3v) is 7.66. The SMILES string of the molecule is CC1CCC(C2CC2)CC(c2cc(N3CCOCC3C)nc(Nc3cc[nH]n3)c2C=N)C1. The molecule has 5 rings (SSSR count). The van der Waals surface area contributed by atoms with Crippen molar-refractivity contribution in [3.8, 4) is 0 Å². The van der Waals surface area contributed by atoms with Crippen molar-refractivity contribution in [2.75, 3.05) is 30.0 Å². The number of aromatic amines is 1. The van der Waals surface area contributed by atoms with E-state index in [1.165, 1.54) is 50.3 Å². The molecule has 32 heavy (non-hydrogen) atoms. The van der Waals surface area contributed by atoms with Gasteiger partial charge >= 0.3 is 0 Å². The zero-order valence-corrected chi connectivity index (χ0v) is 19.3. The Hall–Kier alpha value is -2.41. The predicted octanol–water partition coefficient (Wildman–Crippen LogP) is 5.09. The maximum atomic E-state index is 8.31. The monoisotopic (exact) mass is 436 g/mol. The minimum Gasteiger partial charge on any atom is -0.377 e. The molecule has 0 bridgehead atoms. The summed E-state index contributed by atoms with van der Waals surface area (Å²) in [4.78, 5) is 7.37. The number of aromatic nitrogens is 3. The van der Waals surface area contributed by atoms with E-state index >= 15 is 0 Å². The lowest BCUT2D eigenvalue weighted by molar-refractivity contribution is 0.0985. The van der Waals surface area contributed by atoms with Gasteiger partial charge in [0.05, 0.1) is 19.3 Å². The summed E-state index contributed by atoms with van der Waals surface area (Å²) in [6.45, 7) is 6.88. The molecule has 2 aliphatic carbocycles. The van der Waals surface area contributed by atoms with Gasteiger partial charge in [-0.1, -0.05) is 13.3 Å². The molecule has 1 aliphatic heterocycles. The number of ether oxygens (including phenoxy) is 1. The molecule has 0 aromatic carbocycles. The quantitative estimate of drug-likeness (QED) is 0.433. The molecule has 3 fully saturated rings. The molecule has 7 heteroatoms. The highest BCUT2D eigenvalue weighted by molar-refractivity contribution is 5.88. The maximum Gasteiger partial charge on any atom is 0.153 e. The lowest BCUT2D eigenvalue weighted by Gasteiger charge is -2.35. The van der Waals surface area contributed by atoms with Crippen molar-refractivity contribution >= 4 is 23.7 Å². The number of hydrogen-bond acceptors (Lipinski definition) is 6. The van der Waals surface area contributed by atoms with Crippen LogP contribution in [-0.2, 0) is 4.74 Å². The maximum absolute atomic E-state index is 8.31. The number of H-pyrrole nitrogens is 1. The Morgan fingerprint density at radius 1 is 1.19 bits per heavy atom. The Bertz CT molecular complexity index is 925. The Balaban J connectivity index is 1.57. The molecule has 2 aromatic heterocycles. The summed E-state index contributed by atoms with van der Waals surface area (Å²) in [5, 5.41) is 18.8. The molecule has 7 nitrogen and oxygen atoms in total. The smallest absolute Gasteiger partial charge is 0.153 e. The average Bonchev–Trinajstić information content (AvgIpc) is 3.55. The van der Waals surface area contributed by atoms with E-state index in [1.807, 2.05) is 6.07 Å². The summed E-state index contributed by atoms with van der Waals surface area (Å²) < 4.78 is 5.68. The fraction of sp³-hybridized carbons (Fsp3) is 0.640. The van der Waals surface area contributed by atoms with Gasteiger partial charge in [-0.15, -0.1) is 0 Å². The van der Waals surface area contributed by atoms with E-state index < -0.39 is 0 Å². The number of morpholine rings is 1. The van der Waals surface area contributed by atoms with Gasteiger partial charge in [0.25, 0.3) is 0 Å². The predicted molar refractivity (Wildman–Crippen MR) is 128 cm³/mol. The number of hydrogen-bond donors (Lipinski definition) is 3. The Labute approximate surface area is 190 Å². The van der Waals surface area contributed by atoms with Crippen LogP contribution in [0.2, 0.25) is 0 Å². The van der Waals surface area contributed by atoms with E-state index in [-0.39, 0.29) is 6.04 Å². The Kier molecular flexibility index (Phi) is 6.17. The third kappa shape index (κ3) is 4.53. The molecular weight excluding hydrogens is 400 g/mol. The van der Waals surface area contributed by atoms with Gasteiger partial charge in [0, 0.05) is 30.6 Å². The molecule has 3 aliphatic rings. The molecule has 3 N–H and O–H groups in total. The summed E-state index contributed by atoms with van der Waals surface area (Å²) in [7, 11) is 0. The van der Waals surface area contributed by atoms with Crippen LogP contribution in [0.1, 0.15) is 69.4 Å². The fourth-order valence-electron chi connectivity index (χ4n) is 5.74. The van der Waals surface area contributed by atoms with Gasteiger partial charge in [-0.3, -0.25) is 5.10 Å². The van der Waals surface area contributed by atoms with Gasteiger partial charge in [0.15, 0.2) is 5.82 Å². The van der Waals surface area contributed by atoms with Gasteiger partial charge in [0.1, 0.15) is 11.6 Å². The lowest BCUT2D eigenvalue weighted by atomic mass is 9.82. The van der Waals surface area contributed by atoms with Crippen molar-refractivity contribution in [3.63, 3.8) is 0 Å². The fourth-order valence-corrected chi connectivity index (χ4v) is 5.74. The zero-order chi connectivity index (χ0) is 22.1. The average molecular weight is 437 g/mol. The van der Waals surface area contributed by atoms with Crippen molar-refractivity contribution in [1.29, 1.82) is 5.41 Å². The van der Waals surface area contributed by atoms with Crippen LogP contribution in [0.3, 0.4) is 0 Å². The third-order valence-electron chi connectivity index (χ3n) is 7.66. The highest BCUT2D eigenvalue weighted by Gasteiger charge is 2.36. The topological polar surface area (TPSA) is 89.9 Å². The van der Waals surface area contributed by atoms with Gasteiger partial charge in [-0.2, -0.15) is 5.10 Å². The van der Waals surface area contributed by atoms with Crippen LogP contribution in [0.15, 0.2) is 18.3 Å². The van der Waals surface area contributed by atoms with E-state index in [0.717, 1.165) is 54.6 Å². The van der Waals surface area contributed by atoms with E-state index in [0.29, 0.717) is 11.8 Å². The summed E-state index contributed by atoms with van der Waals surface area (Å²) in [5.74, 6) is 5.37. The van der Waals surface area contributed by atoms with Crippen LogP contribution >= 0.6 is 0 Å². The van der Waals surface area contributed by atoms with E-state index in [9.17, 15) is 0 Å². The molecule has 172 valence electrons. The lowest BCUT2D eigenvalue weighted by Crippen LogP contribution is -2.44. The van der Waals surface area contributed by atoms with Crippen molar-refractivity contribution < 1.29 is 4.74 Å². The first-order valence-corrected chi connectivity index (χ1v) is 12.3. The molecule has 0 radical (unpaired) electrons. The largest absolute Gasteiger partial charge is 0.377 e. The van der Waals surface area contributed by atoms with Gasteiger partial charge in [-0.25, -0.2) is 4.98 Å². The second-order valence-electron chi connectivity index (χ2n) is 10.1. The minimum absolute atomic E-state index is 0.278. The molecule has 0 amide bonds. The van der Waals surface area contributed by atoms with E-state index in [2.05, 4.69) is 40.3 Å². The van der Waals surface area contributed by atoms with Crippen molar-refractivity contribution in [2.45, 2.75) is 64.3 Å². The standard InChI is InChI=1S/C25H36N6O/c1-16-3-4-19(18-5-6-18)12-20(11-16)21-13-24(31-9-10-32-15-17(31)2)29-25(22(21)14-26)28-23-7-8-27-30-23/h7-8,13-14,16-20,26H,3-6,9-12,15H2,1-2H3,(H2,27,28,29,30). The first kappa shape index (κ1) is 21.4. The number of pyridine rings is 1. The van der Waals surface area contributed by atoms with Crippen LogP contribution in [0.4, 0.5) is 17.5 Å². The van der Waals surface area contributed by atoms with Gasteiger partial charge in [0.2, 0.25) is 0 Å². The molecule has 1 saturated heterocycles. The van der Waals surface area contributed by atoms with Crippen LogP contribution < -0.4 is 10.2 Å². The second-order valence-corrected chi connectivity index (χ2v) is 10.1. The highest BCUT2D eigenvalue weighted by Crippen LogP contribution is 2.49. The normalized spacial score (nSPS) is 28.9. The summed E-state index contributed by atoms with van der Waals surface area (Å²) >= 11 is 0. The number of rotatable bonds is 6. The molecule has 4 unspecified atom stereocenters. The zero-order valence-electron chi connectivity index (χ0n) is 19.3. The first-order valence-electron chi connectivity index (χ1n) is 12.3. The second kappa shape index (κ2) is 9.22. The van der Waals surface area contributed by atoms with Crippen molar-refractivity contribution in [2.24, 2.45) is 17.8 Å². The summed E-state index contributed by atoms with van der Waals surface area (Å²) in [6.07, 6.45) is 11.2. The van der Waals surface area contributed by atoms with Crippen LogP contribution in [0, 0.1) is 23.2 Å². The summed E-state index contributed by atoms with van der Waals surface area (Å²) in [5.41, 5.74) is 2.19. The molecular formula is C25H36N6O. The molecule has 2 saturated carbocycles. The Morgan fingerprint density at radius 3 is 2.75 bits per heavy atom. The van der Waals surface area contributed by atoms with Crippen LogP contribution in [0.25, 0.3) is 0 Å². The highest BCUT2D eigenvalue weighted by atomic mass is 16.5. The Morgan fingerprint density at radius 2 is 2.03 bits per heavy atom. The first-order chi connectivity index (χ1) is 15.6. The van der Waals surface area contributed by atoms with E-state index in [4.69, 9.17) is 15.1 Å². The van der Waals surface area contributed by atoms with E-state index in [1.54, 1.807) is 6.20 Å². The van der Waals surface area contributed by atoms with Crippen molar-refractivity contribution in [1.82, 2.24) is 15.2 Å². The molecule has 3 heterocycles. The van der Waals surface area contributed by atoms with Gasteiger partial charge < -0.3 is 20.4 Å². The number of anilines is 3. The van der Waals surface area contributed by atoms with Gasteiger partial charge in [-0.05, 0) is 74.3 Å². The van der Waals surface area contributed by atoms with Crippen LogP contribution in [-0.4, -0.2) is 47.2 Å². The number of nitrogens with zero attached hydrogens (tertiary/aromatic N) is 3. The molecule has 2 aromatic rings. The number of nitrogens with one attached hydrogen (secondary N) is 3. The van der Waals surface area contributed by atoms with Crippen molar-refractivity contribution in [3.05, 3.63) is 29.5 Å². The molecule has 0 spiro atoms. The minimum atomic E-state index is 0.278. The van der Waals surface area contributed by atoms with Crippen LogP contribution in [0.5, 0.6) is 0 Å². The summed E-state index contributed by atoms with van der Waals surface area (Å²) in [6, 6.07) is 4.46. The molecule has 4 atom stereocenters.